The molecule has 70 valence electrons. The van der Waals surface area contributed by atoms with Crippen LogP contribution in [0.15, 0.2) is 12.1 Å². The number of thiophene rings is 1. The third-order valence-corrected chi connectivity index (χ3v) is 3.61. The third kappa shape index (κ3) is 2.01. The van der Waals surface area contributed by atoms with Gasteiger partial charge in [0.25, 0.3) is 0 Å². The van der Waals surface area contributed by atoms with Crippen molar-refractivity contribution in [2.75, 3.05) is 6.61 Å². The lowest BCUT2D eigenvalue weighted by atomic mass is 9.99. The minimum Gasteiger partial charge on any atom is -0.392 e. The van der Waals surface area contributed by atoms with Gasteiger partial charge in [-0.05, 0) is 43.4 Å². The number of fused-ring (bicyclic) bond motifs is 1. The topological polar surface area (TPSA) is 20.2 Å². The Bertz CT molecular complexity index is 288. The van der Waals surface area contributed by atoms with Crippen molar-refractivity contribution in [1.82, 2.24) is 0 Å². The smallest absolute Gasteiger partial charge is 0.0615 e. The second-order valence-corrected chi connectivity index (χ2v) is 4.56. The molecule has 2 heteroatoms. The molecule has 0 bridgehead atoms. The Labute approximate surface area is 82.7 Å². The summed E-state index contributed by atoms with van der Waals surface area (Å²) >= 11 is 1.88. The lowest BCUT2D eigenvalue weighted by Gasteiger charge is -2.08. The standard InChI is InChI=1S/C11H14OS/c12-7-3-5-10-8-9-4-1-2-6-11(9)13-10/h3,5,8,12H,1-2,4,6-7H2/b5-3+. The van der Waals surface area contributed by atoms with Crippen molar-refractivity contribution >= 4 is 17.4 Å². The van der Waals surface area contributed by atoms with Gasteiger partial charge in [-0.3, -0.25) is 0 Å². The summed E-state index contributed by atoms with van der Waals surface area (Å²) < 4.78 is 0. The summed E-state index contributed by atoms with van der Waals surface area (Å²) in [5, 5.41) is 8.65. The number of rotatable bonds is 2. The van der Waals surface area contributed by atoms with Crippen LogP contribution in [0.3, 0.4) is 0 Å². The predicted octanol–water partition coefficient (Wildman–Crippen LogP) is 2.63. The van der Waals surface area contributed by atoms with Crippen molar-refractivity contribution in [3.05, 3.63) is 27.5 Å². The highest BCUT2D eigenvalue weighted by atomic mass is 32.1. The van der Waals surface area contributed by atoms with E-state index in [0.717, 1.165) is 0 Å². The molecule has 2 rings (SSSR count). The molecule has 0 radical (unpaired) electrons. The number of aliphatic hydroxyl groups excluding tert-OH is 1. The molecule has 1 aliphatic carbocycles. The monoisotopic (exact) mass is 194 g/mol. The lowest BCUT2D eigenvalue weighted by Crippen LogP contribution is -1.96. The van der Waals surface area contributed by atoms with E-state index >= 15 is 0 Å². The Morgan fingerprint density at radius 1 is 1.38 bits per heavy atom. The van der Waals surface area contributed by atoms with Crippen molar-refractivity contribution in [3.63, 3.8) is 0 Å². The molecule has 1 aliphatic rings. The number of aliphatic hydroxyl groups is 1. The Morgan fingerprint density at radius 2 is 2.23 bits per heavy atom. The molecule has 0 atom stereocenters. The van der Waals surface area contributed by atoms with Crippen LogP contribution in [0.1, 0.15) is 28.2 Å². The third-order valence-electron chi connectivity index (χ3n) is 2.40. The molecular formula is C11H14OS. The molecule has 13 heavy (non-hydrogen) atoms. The van der Waals surface area contributed by atoms with Gasteiger partial charge in [-0.15, -0.1) is 11.3 Å². The maximum Gasteiger partial charge on any atom is 0.0615 e. The molecule has 1 heterocycles. The first-order chi connectivity index (χ1) is 6.40. The van der Waals surface area contributed by atoms with Gasteiger partial charge >= 0.3 is 0 Å². The zero-order chi connectivity index (χ0) is 9.10. The molecule has 1 nitrogen and oxygen atoms in total. The average Bonchev–Trinajstić information content (AvgIpc) is 2.57. The molecular weight excluding hydrogens is 180 g/mol. The molecule has 1 aromatic heterocycles. The Balaban J connectivity index is 2.20. The van der Waals surface area contributed by atoms with Gasteiger partial charge in [0.1, 0.15) is 0 Å². The van der Waals surface area contributed by atoms with E-state index in [1.807, 2.05) is 17.4 Å². The Morgan fingerprint density at radius 3 is 3.00 bits per heavy atom. The molecule has 0 amide bonds. The Hall–Kier alpha value is -0.600. The van der Waals surface area contributed by atoms with Gasteiger partial charge in [0.2, 0.25) is 0 Å². The minimum atomic E-state index is 0.141. The van der Waals surface area contributed by atoms with Gasteiger partial charge in [0.15, 0.2) is 0 Å². The van der Waals surface area contributed by atoms with Crippen LogP contribution >= 0.6 is 11.3 Å². The highest BCUT2D eigenvalue weighted by Gasteiger charge is 2.11. The number of aryl methyl sites for hydroxylation is 2. The van der Waals surface area contributed by atoms with Gasteiger partial charge in [0, 0.05) is 9.75 Å². The van der Waals surface area contributed by atoms with Crippen LogP contribution in [-0.2, 0) is 12.8 Å². The first-order valence-electron chi connectivity index (χ1n) is 4.79. The van der Waals surface area contributed by atoms with Crippen molar-refractivity contribution in [1.29, 1.82) is 0 Å². The number of hydrogen-bond acceptors (Lipinski definition) is 2. The molecule has 0 aromatic carbocycles. The summed E-state index contributed by atoms with van der Waals surface area (Å²) in [5.74, 6) is 0. The fraction of sp³-hybridized carbons (Fsp3) is 0.455. The summed E-state index contributed by atoms with van der Waals surface area (Å²) in [7, 11) is 0. The normalized spacial score (nSPS) is 16.4. The zero-order valence-corrected chi connectivity index (χ0v) is 8.44. The molecule has 0 spiro atoms. The Kier molecular flexibility index (Phi) is 2.81. The predicted molar refractivity (Wildman–Crippen MR) is 57.1 cm³/mol. The van der Waals surface area contributed by atoms with Crippen molar-refractivity contribution in [2.24, 2.45) is 0 Å². The second-order valence-electron chi connectivity index (χ2n) is 3.39. The van der Waals surface area contributed by atoms with E-state index in [1.54, 1.807) is 11.0 Å². The summed E-state index contributed by atoms with van der Waals surface area (Å²) in [6.07, 6.45) is 9.01. The summed E-state index contributed by atoms with van der Waals surface area (Å²) in [4.78, 5) is 2.85. The number of hydrogen-bond donors (Lipinski definition) is 1. The SMILES string of the molecule is OC/C=C/c1cc2c(s1)CCCC2. The van der Waals surface area contributed by atoms with Crippen LogP contribution in [0, 0.1) is 0 Å². The maximum atomic E-state index is 8.65. The molecule has 1 aromatic rings. The average molecular weight is 194 g/mol. The summed E-state index contributed by atoms with van der Waals surface area (Å²) in [6, 6.07) is 2.27. The van der Waals surface area contributed by atoms with E-state index in [1.165, 1.54) is 36.1 Å². The highest BCUT2D eigenvalue weighted by Crippen LogP contribution is 2.30. The first-order valence-corrected chi connectivity index (χ1v) is 5.61. The van der Waals surface area contributed by atoms with E-state index in [9.17, 15) is 0 Å². The summed E-state index contributed by atoms with van der Waals surface area (Å²) in [5.41, 5.74) is 1.54. The maximum absolute atomic E-state index is 8.65. The highest BCUT2D eigenvalue weighted by molar-refractivity contribution is 7.13. The lowest BCUT2D eigenvalue weighted by molar-refractivity contribution is 0.343. The van der Waals surface area contributed by atoms with Crippen LogP contribution in [-0.4, -0.2) is 11.7 Å². The molecule has 0 saturated heterocycles. The first kappa shape index (κ1) is 8.97. The fourth-order valence-electron chi connectivity index (χ4n) is 1.76. The second kappa shape index (κ2) is 4.07. The molecule has 0 aliphatic heterocycles. The van der Waals surface area contributed by atoms with Gasteiger partial charge < -0.3 is 5.11 Å². The van der Waals surface area contributed by atoms with E-state index in [-0.39, 0.29) is 6.61 Å². The van der Waals surface area contributed by atoms with E-state index < -0.39 is 0 Å². The van der Waals surface area contributed by atoms with Crippen LogP contribution in [0.4, 0.5) is 0 Å². The van der Waals surface area contributed by atoms with Gasteiger partial charge in [0.05, 0.1) is 6.61 Å². The van der Waals surface area contributed by atoms with E-state index in [0.29, 0.717) is 0 Å². The molecule has 0 unspecified atom stereocenters. The van der Waals surface area contributed by atoms with Crippen LogP contribution in [0.25, 0.3) is 6.08 Å². The molecule has 1 N–H and O–H groups in total. The van der Waals surface area contributed by atoms with Crippen molar-refractivity contribution < 1.29 is 5.11 Å². The van der Waals surface area contributed by atoms with Gasteiger partial charge in [-0.25, -0.2) is 0 Å². The van der Waals surface area contributed by atoms with Crippen LogP contribution in [0.5, 0.6) is 0 Å². The van der Waals surface area contributed by atoms with Gasteiger partial charge in [-0.1, -0.05) is 6.08 Å². The van der Waals surface area contributed by atoms with Crippen molar-refractivity contribution in [2.45, 2.75) is 25.7 Å². The molecule has 0 fully saturated rings. The summed E-state index contributed by atoms with van der Waals surface area (Å²) in [6.45, 7) is 0.141. The minimum absolute atomic E-state index is 0.141. The fourth-order valence-corrected chi connectivity index (χ4v) is 2.95. The van der Waals surface area contributed by atoms with Crippen LogP contribution < -0.4 is 0 Å². The van der Waals surface area contributed by atoms with Gasteiger partial charge in [-0.2, -0.15) is 0 Å². The largest absolute Gasteiger partial charge is 0.392 e. The zero-order valence-electron chi connectivity index (χ0n) is 7.62. The quantitative estimate of drug-likeness (QED) is 0.767. The van der Waals surface area contributed by atoms with Crippen molar-refractivity contribution in [3.8, 4) is 0 Å². The van der Waals surface area contributed by atoms with Crippen LogP contribution in [0.2, 0.25) is 0 Å². The molecule has 0 saturated carbocycles. The van der Waals surface area contributed by atoms with E-state index in [2.05, 4.69) is 6.07 Å². The van der Waals surface area contributed by atoms with E-state index in [4.69, 9.17) is 5.11 Å².